The van der Waals surface area contributed by atoms with Crippen LogP contribution in [0.2, 0.25) is 0 Å². The summed E-state index contributed by atoms with van der Waals surface area (Å²) in [7, 11) is 0. The summed E-state index contributed by atoms with van der Waals surface area (Å²) in [5, 5.41) is 0. The maximum absolute atomic E-state index is 5.43. The third-order valence-corrected chi connectivity index (χ3v) is 1.73. The van der Waals surface area contributed by atoms with Crippen LogP contribution in [-0.4, -0.2) is 12.7 Å². The van der Waals surface area contributed by atoms with Crippen LogP contribution in [0, 0.1) is 0 Å². The molecular formula is C8H18O. The van der Waals surface area contributed by atoms with Crippen LogP contribution >= 0.6 is 0 Å². The normalized spacial score (nSPS) is 27.0. The van der Waals surface area contributed by atoms with Crippen LogP contribution in [0.15, 0.2) is 0 Å². The van der Waals surface area contributed by atoms with E-state index in [2.05, 4.69) is 6.92 Å². The van der Waals surface area contributed by atoms with Crippen molar-refractivity contribution in [3.05, 3.63) is 0 Å². The van der Waals surface area contributed by atoms with Crippen LogP contribution in [0.4, 0.5) is 0 Å². The van der Waals surface area contributed by atoms with E-state index < -0.39 is 0 Å². The lowest BCUT2D eigenvalue weighted by Gasteiger charge is -2.20. The lowest BCUT2D eigenvalue weighted by molar-refractivity contribution is 0.0143. The Kier molecular flexibility index (Phi) is 4.78. The fraction of sp³-hybridized carbons (Fsp3) is 1.00. The highest BCUT2D eigenvalue weighted by Crippen LogP contribution is 2.14. The summed E-state index contributed by atoms with van der Waals surface area (Å²) in [5.74, 6) is 0. The Balaban J connectivity index is 0.000000640. The van der Waals surface area contributed by atoms with Crippen molar-refractivity contribution in [3.8, 4) is 0 Å². The van der Waals surface area contributed by atoms with Crippen LogP contribution in [0.25, 0.3) is 0 Å². The Labute approximate surface area is 58.4 Å². The quantitative estimate of drug-likeness (QED) is 0.530. The third-order valence-electron chi connectivity index (χ3n) is 1.73. The first kappa shape index (κ1) is 8.96. The van der Waals surface area contributed by atoms with Crippen molar-refractivity contribution in [2.75, 3.05) is 6.61 Å². The second-order valence-corrected chi connectivity index (χ2v) is 2.40. The fourth-order valence-electron chi connectivity index (χ4n) is 1.13. The van der Waals surface area contributed by atoms with Crippen molar-refractivity contribution in [1.82, 2.24) is 0 Å². The smallest absolute Gasteiger partial charge is 0.0572 e. The molecule has 0 aromatic carbocycles. The van der Waals surface area contributed by atoms with Gasteiger partial charge in [0.1, 0.15) is 0 Å². The highest BCUT2D eigenvalue weighted by atomic mass is 16.5. The largest absolute Gasteiger partial charge is 0.378 e. The minimum absolute atomic E-state index is 0. The first-order chi connectivity index (χ1) is 3.93. The van der Waals surface area contributed by atoms with Crippen molar-refractivity contribution < 1.29 is 4.74 Å². The molecule has 1 saturated heterocycles. The molecule has 1 aliphatic rings. The summed E-state index contributed by atoms with van der Waals surface area (Å²) < 4.78 is 5.43. The van der Waals surface area contributed by atoms with Gasteiger partial charge in [-0.2, -0.15) is 0 Å². The van der Waals surface area contributed by atoms with Crippen LogP contribution in [0.3, 0.4) is 0 Å². The highest BCUT2D eigenvalue weighted by molar-refractivity contribution is 4.60. The lowest BCUT2D eigenvalue weighted by atomic mass is 10.1. The van der Waals surface area contributed by atoms with E-state index in [-0.39, 0.29) is 7.43 Å². The van der Waals surface area contributed by atoms with Crippen molar-refractivity contribution in [1.29, 1.82) is 0 Å². The molecule has 0 N–H and O–H groups in total. The van der Waals surface area contributed by atoms with Crippen molar-refractivity contribution in [3.63, 3.8) is 0 Å². The molecule has 1 rings (SSSR count). The van der Waals surface area contributed by atoms with E-state index in [0.29, 0.717) is 6.10 Å². The minimum Gasteiger partial charge on any atom is -0.378 e. The minimum atomic E-state index is 0. The van der Waals surface area contributed by atoms with Gasteiger partial charge in [0.25, 0.3) is 0 Å². The van der Waals surface area contributed by atoms with Gasteiger partial charge in [-0.3, -0.25) is 0 Å². The molecule has 1 aliphatic heterocycles. The maximum Gasteiger partial charge on any atom is 0.0572 e. The molecule has 0 aromatic rings. The first-order valence-electron chi connectivity index (χ1n) is 3.55. The monoisotopic (exact) mass is 130 g/mol. The van der Waals surface area contributed by atoms with Gasteiger partial charge in [-0.1, -0.05) is 14.4 Å². The predicted octanol–water partition coefficient (Wildman–Crippen LogP) is 2.60. The molecule has 1 fully saturated rings. The van der Waals surface area contributed by atoms with Gasteiger partial charge in [-0.25, -0.2) is 0 Å². The van der Waals surface area contributed by atoms with E-state index in [4.69, 9.17) is 4.74 Å². The molecule has 0 bridgehead atoms. The predicted molar refractivity (Wildman–Crippen MR) is 40.6 cm³/mol. The standard InChI is InChI=1S/C7H14O.CH4/c1-2-7-5-3-4-6-8-7;/h7H,2-6H2,1H3;1H4/t7-;/m0./s1. The van der Waals surface area contributed by atoms with Crippen LogP contribution < -0.4 is 0 Å². The van der Waals surface area contributed by atoms with Gasteiger partial charge < -0.3 is 4.74 Å². The van der Waals surface area contributed by atoms with Gasteiger partial charge in [0, 0.05) is 6.61 Å². The molecule has 1 heteroatoms. The maximum atomic E-state index is 5.43. The first-order valence-corrected chi connectivity index (χ1v) is 3.55. The Hall–Kier alpha value is -0.0400. The summed E-state index contributed by atoms with van der Waals surface area (Å²) in [5.41, 5.74) is 0. The van der Waals surface area contributed by atoms with Crippen LogP contribution in [0.5, 0.6) is 0 Å². The molecule has 0 radical (unpaired) electrons. The van der Waals surface area contributed by atoms with Gasteiger partial charge in [0.2, 0.25) is 0 Å². The van der Waals surface area contributed by atoms with Crippen molar-refractivity contribution in [2.24, 2.45) is 0 Å². The second-order valence-electron chi connectivity index (χ2n) is 2.40. The van der Waals surface area contributed by atoms with E-state index in [1.54, 1.807) is 0 Å². The van der Waals surface area contributed by atoms with E-state index in [0.717, 1.165) is 6.61 Å². The van der Waals surface area contributed by atoms with E-state index >= 15 is 0 Å². The summed E-state index contributed by atoms with van der Waals surface area (Å²) >= 11 is 0. The Bertz CT molecular complexity index is 55.6. The molecule has 9 heavy (non-hydrogen) atoms. The van der Waals surface area contributed by atoms with Gasteiger partial charge in [-0.05, 0) is 25.7 Å². The number of hydrogen-bond acceptors (Lipinski definition) is 1. The van der Waals surface area contributed by atoms with E-state index in [9.17, 15) is 0 Å². The molecule has 0 unspecified atom stereocenters. The molecule has 1 atom stereocenters. The molecule has 0 aliphatic carbocycles. The van der Waals surface area contributed by atoms with E-state index in [1.165, 1.54) is 25.7 Å². The third kappa shape index (κ3) is 2.85. The van der Waals surface area contributed by atoms with Crippen molar-refractivity contribution >= 4 is 0 Å². The molecule has 56 valence electrons. The number of rotatable bonds is 1. The molecular weight excluding hydrogens is 112 g/mol. The van der Waals surface area contributed by atoms with Crippen LogP contribution in [-0.2, 0) is 4.74 Å². The zero-order chi connectivity index (χ0) is 5.82. The van der Waals surface area contributed by atoms with Gasteiger partial charge in [-0.15, -0.1) is 0 Å². The zero-order valence-electron chi connectivity index (χ0n) is 5.52. The summed E-state index contributed by atoms with van der Waals surface area (Å²) in [6.07, 6.45) is 5.72. The molecule has 1 nitrogen and oxygen atoms in total. The van der Waals surface area contributed by atoms with E-state index in [1.807, 2.05) is 0 Å². The summed E-state index contributed by atoms with van der Waals surface area (Å²) in [6, 6.07) is 0. The number of hydrogen-bond donors (Lipinski definition) is 0. The molecule has 0 spiro atoms. The van der Waals surface area contributed by atoms with Crippen molar-refractivity contribution in [2.45, 2.75) is 46.1 Å². The molecule has 1 heterocycles. The second kappa shape index (κ2) is 4.80. The fourth-order valence-corrected chi connectivity index (χ4v) is 1.13. The Morgan fingerprint density at radius 3 is 2.56 bits per heavy atom. The molecule has 0 saturated carbocycles. The molecule has 0 amide bonds. The highest BCUT2D eigenvalue weighted by Gasteiger charge is 2.09. The average molecular weight is 130 g/mol. The zero-order valence-corrected chi connectivity index (χ0v) is 5.52. The Morgan fingerprint density at radius 1 is 1.44 bits per heavy atom. The lowest BCUT2D eigenvalue weighted by Crippen LogP contribution is -2.17. The topological polar surface area (TPSA) is 9.23 Å². The Morgan fingerprint density at radius 2 is 2.22 bits per heavy atom. The average Bonchev–Trinajstić information content (AvgIpc) is 1.90. The summed E-state index contributed by atoms with van der Waals surface area (Å²) in [6.45, 7) is 3.19. The summed E-state index contributed by atoms with van der Waals surface area (Å²) in [4.78, 5) is 0. The van der Waals surface area contributed by atoms with Gasteiger partial charge in [0.05, 0.1) is 6.10 Å². The van der Waals surface area contributed by atoms with Gasteiger partial charge in [0.15, 0.2) is 0 Å². The van der Waals surface area contributed by atoms with Gasteiger partial charge >= 0.3 is 0 Å². The molecule has 0 aromatic heterocycles. The SMILES string of the molecule is C.CC[C@H]1CCCCO1. The number of ether oxygens (including phenoxy) is 1. The van der Waals surface area contributed by atoms with Crippen LogP contribution in [0.1, 0.15) is 40.0 Å².